The first-order chi connectivity index (χ1) is 14.8. The van der Waals surface area contributed by atoms with Crippen molar-refractivity contribution in [3.05, 3.63) is 63.6 Å². The molecule has 2 rings (SSSR count). The van der Waals surface area contributed by atoms with Crippen molar-refractivity contribution in [2.24, 2.45) is 5.92 Å². The summed E-state index contributed by atoms with van der Waals surface area (Å²) >= 11 is 12.6. The Morgan fingerprint density at radius 2 is 1.68 bits per heavy atom. The molecular weight excluding hydrogens is 435 g/mol. The van der Waals surface area contributed by atoms with Crippen LogP contribution in [0, 0.1) is 5.92 Å². The van der Waals surface area contributed by atoms with Gasteiger partial charge in [0.1, 0.15) is 11.8 Å². The van der Waals surface area contributed by atoms with E-state index in [9.17, 15) is 9.59 Å². The molecule has 31 heavy (non-hydrogen) atoms. The van der Waals surface area contributed by atoms with E-state index in [4.69, 9.17) is 27.9 Å². The van der Waals surface area contributed by atoms with Crippen molar-refractivity contribution < 1.29 is 14.3 Å². The Balaban J connectivity index is 2.32. The molecule has 0 heterocycles. The summed E-state index contributed by atoms with van der Waals surface area (Å²) in [6.45, 7) is 6.80. The Hall–Kier alpha value is -2.24. The van der Waals surface area contributed by atoms with Crippen molar-refractivity contribution in [3.63, 3.8) is 0 Å². The minimum Gasteiger partial charge on any atom is -0.497 e. The molecule has 7 heteroatoms. The van der Waals surface area contributed by atoms with Gasteiger partial charge in [0.25, 0.3) is 0 Å². The molecule has 0 bridgehead atoms. The average Bonchev–Trinajstić information content (AvgIpc) is 2.75. The summed E-state index contributed by atoms with van der Waals surface area (Å²) in [4.78, 5) is 27.9. The quantitative estimate of drug-likeness (QED) is 0.530. The molecule has 168 valence electrons. The molecule has 0 aromatic heterocycles. The zero-order valence-electron chi connectivity index (χ0n) is 18.5. The van der Waals surface area contributed by atoms with Crippen LogP contribution in [0.2, 0.25) is 10.0 Å². The van der Waals surface area contributed by atoms with Gasteiger partial charge in [-0.05, 0) is 47.7 Å². The molecule has 2 aromatic rings. The van der Waals surface area contributed by atoms with Crippen molar-refractivity contribution in [1.82, 2.24) is 10.2 Å². The summed E-state index contributed by atoms with van der Waals surface area (Å²) < 4.78 is 5.21. The maximum atomic E-state index is 13.4. The van der Waals surface area contributed by atoms with Gasteiger partial charge in [0, 0.05) is 23.1 Å². The number of hydrogen-bond acceptors (Lipinski definition) is 3. The molecule has 0 fully saturated rings. The maximum absolute atomic E-state index is 13.4. The third-order valence-electron chi connectivity index (χ3n) is 4.97. The summed E-state index contributed by atoms with van der Waals surface area (Å²) in [6, 6.07) is 12.0. The van der Waals surface area contributed by atoms with E-state index in [0.29, 0.717) is 41.0 Å². The van der Waals surface area contributed by atoms with Gasteiger partial charge in [0.2, 0.25) is 11.8 Å². The van der Waals surface area contributed by atoms with Crippen LogP contribution >= 0.6 is 23.2 Å². The zero-order valence-corrected chi connectivity index (χ0v) is 20.0. The Bertz CT molecular complexity index is 865. The first-order valence-corrected chi connectivity index (χ1v) is 11.1. The summed E-state index contributed by atoms with van der Waals surface area (Å²) in [6.07, 6.45) is 0.505. The SMILES string of the molecule is CCC(C(=O)NCC(C)C)N(Cc1ccc(OC)cc1)C(=O)Cc1c(Cl)cccc1Cl. The number of rotatable bonds is 10. The molecule has 1 unspecified atom stereocenters. The van der Waals surface area contributed by atoms with Crippen molar-refractivity contribution >= 4 is 35.0 Å². The number of carbonyl (C=O) groups excluding carboxylic acids is 2. The van der Waals surface area contributed by atoms with Gasteiger partial charge in [-0.2, -0.15) is 0 Å². The van der Waals surface area contributed by atoms with Crippen LogP contribution in [0.3, 0.4) is 0 Å². The van der Waals surface area contributed by atoms with Gasteiger partial charge in [-0.25, -0.2) is 0 Å². The summed E-state index contributed by atoms with van der Waals surface area (Å²) in [5.41, 5.74) is 1.46. The van der Waals surface area contributed by atoms with Crippen LogP contribution in [0.5, 0.6) is 5.75 Å². The predicted molar refractivity (Wildman–Crippen MR) is 126 cm³/mol. The summed E-state index contributed by atoms with van der Waals surface area (Å²) in [7, 11) is 1.60. The lowest BCUT2D eigenvalue weighted by molar-refractivity contribution is -0.141. The molecule has 5 nitrogen and oxygen atoms in total. The van der Waals surface area contributed by atoms with Crippen molar-refractivity contribution in [2.45, 2.75) is 46.2 Å². The molecule has 0 aliphatic carbocycles. The van der Waals surface area contributed by atoms with Gasteiger partial charge in [-0.15, -0.1) is 0 Å². The fourth-order valence-corrected chi connectivity index (χ4v) is 3.75. The molecule has 0 aliphatic rings. The standard InChI is InChI=1S/C24H30Cl2N2O3/c1-5-22(24(30)27-14-16(2)3)28(15-17-9-11-18(31-4)12-10-17)23(29)13-19-20(25)7-6-8-21(19)26/h6-12,16,22H,5,13-15H2,1-4H3,(H,27,30). The van der Waals surface area contributed by atoms with Crippen LogP contribution in [0.25, 0.3) is 0 Å². The van der Waals surface area contributed by atoms with E-state index in [0.717, 1.165) is 11.3 Å². The molecule has 0 radical (unpaired) electrons. The van der Waals surface area contributed by atoms with Gasteiger partial charge >= 0.3 is 0 Å². The van der Waals surface area contributed by atoms with Gasteiger partial charge in [0.15, 0.2) is 0 Å². The van der Waals surface area contributed by atoms with Crippen LogP contribution in [0.15, 0.2) is 42.5 Å². The number of halogens is 2. The smallest absolute Gasteiger partial charge is 0.242 e. The molecule has 0 saturated heterocycles. The van der Waals surface area contributed by atoms with Crippen LogP contribution < -0.4 is 10.1 Å². The van der Waals surface area contributed by atoms with Crippen molar-refractivity contribution in [3.8, 4) is 5.75 Å². The number of amides is 2. The summed E-state index contributed by atoms with van der Waals surface area (Å²) in [5, 5.41) is 3.82. The second-order valence-electron chi connectivity index (χ2n) is 7.81. The van der Waals surface area contributed by atoms with Gasteiger partial charge in [0.05, 0.1) is 13.5 Å². The highest BCUT2D eigenvalue weighted by atomic mass is 35.5. The molecular formula is C24H30Cl2N2O3. The van der Waals surface area contributed by atoms with E-state index in [1.807, 2.05) is 45.0 Å². The fraction of sp³-hybridized carbons (Fsp3) is 0.417. The first-order valence-electron chi connectivity index (χ1n) is 10.4. The molecule has 0 aliphatic heterocycles. The Morgan fingerprint density at radius 3 is 2.19 bits per heavy atom. The fourth-order valence-electron chi connectivity index (χ4n) is 3.22. The van der Waals surface area contributed by atoms with E-state index in [1.54, 1.807) is 30.2 Å². The Labute approximate surface area is 194 Å². The monoisotopic (exact) mass is 464 g/mol. The number of methoxy groups -OCH3 is 1. The lowest BCUT2D eigenvalue weighted by Crippen LogP contribution is -2.50. The highest BCUT2D eigenvalue weighted by Gasteiger charge is 2.29. The number of hydrogen-bond donors (Lipinski definition) is 1. The Morgan fingerprint density at radius 1 is 1.06 bits per heavy atom. The third kappa shape index (κ3) is 7.15. The summed E-state index contributed by atoms with van der Waals surface area (Å²) in [5.74, 6) is 0.668. The van der Waals surface area contributed by atoms with Crippen LogP contribution in [-0.4, -0.2) is 36.4 Å². The molecule has 2 amide bonds. The van der Waals surface area contributed by atoms with Crippen LogP contribution in [0.1, 0.15) is 38.3 Å². The third-order valence-corrected chi connectivity index (χ3v) is 5.68. The normalized spacial score (nSPS) is 11.8. The number of ether oxygens (including phenoxy) is 1. The van der Waals surface area contributed by atoms with E-state index in [1.165, 1.54) is 0 Å². The number of benzene rings is 2. The second kappa shape index (κ2) is 12.0. The molecule has 1 N–H and O–H groups in total. The van der Waals surface area contributed by atoms with Gasteiger partial charge in [-0.3, -0.25) is 9.59 Å². The van der Waals surface area contributed by atoms with E-state index in [2.05, 4.69) is 5.32 Å². The lowest BCUT2D eigenvalue weighted by Gasteiger charge is -2.31. The van der Waals surface area contributed by atoms with E-state index in [-0.39, 0.29) is 18.2 Å². The first kappa shape index (κ1) is 25.0. The van der Waals surface area contributed by atoms with Crippen molar-refractivity contribution in [1.29, 1.82) is 0 Å². The van der Waals surface area contributed by atoms with Crippen molar-refractivity contribution in [2.75, 3.05) is 13.7 Å². The molecule has 0 spiro atoms. The van der Waals surface area contributed by atoms with Gasteiger partial charge < -0.3 is 15.0 Å². The molecule has 2 aromatic carbocycles. The number of nitrogens with one attached hydrogen (secondary N) is 1. The molecule has 0 saturated carbocycles. The number of nitrogens with zero attached hydrogens (tertiary/aromatic N) is 1. The molecule has 1 atom stereocenters. The highest BCUT2D eigenvalue weighted by Crippen LogP contribution is 2.26. The van der Waals surface area contributed by atoms with Crippen LogP contribution in [-0.2, 0) is 22.6 Å². The minimum atomic E-state index is -0.602. The van der Waals surface area contributed by atoms with Crippen LogP contribution in [0.4, 0.5) is 0 Å². The van der Waals surface area contributed by atoms with Gasteiger partial charge in [-0.1, -0.05) is 62.2 Å². The average molecular weight is 465 g/mol. The topological polar surface area (TPSA) is 58.6 Å². The maximum Gasteiger partial charge on any atom is 0.242 e. The largest absolute Gasteiger partial charge is 0.497 e. The van der Waals surface area contributed by atoms with E-state index < -0.39 is 6.04 Å². The number of carbonyl (C=O) groups is 2. The Kier molecular flexibility index (Phi) is 9.66. The minimum absolute atomic E-state index is 0.0165. The predicted octanol–water partition coefficient (Wildman–Crippen LogP) is 5.12. The highest BCUT2D eigenvalue weighted by molar-refractivity contribution is 6.36. The second-order valence-corrected chi connectivity index (χ2v) is 8.62. The lowest BCUT2D eigenvalue weighted by atomic mass is 10.1. The van der Waals surface area contributed by atoms with E-state index >= 15 is 0 Å². The zero-order chi connectivity index (χ0) is 23.0.